The molecule has 0 fully saturated rings. The van der Waals surface area contributed by atoms with Gasteiger partial charge in [0.25, 0.3) is 0 Å². The minimum Gasteiger partial charge on any atom is -0.496 e. The summed E-state index contributed by atoms with van der Waals surface area (Å²) in [5.41, 5.74) is 2.43. The summed E-state index contributed by atoms with van der Waals surface area (Å²) in [6.45, 7) is 1.76. The van der Waals surface area contributed by atoms with Crippen LogP contribution in [0, 0.1) is 6.92 Å². The van der Waals surface area contributed by atoms with Crippen molar-refractivity contribution in [2.75, 3.05) is 7.11 Å². The first-order valence-electron chi connectivity index (χ1n) is 9.60. The summed E-state index contributed by atoms with van der Waals surface area (Å²) in [5.74, 6) is 0.541. The first-order valence-corrected chi connectivity index (χ1v) is 10.0. The average molecular weight is 435 g/mol. The SMILES string of the molecule is COc1ccccc1/C=C1\Oc2cc(OC(=O)C(Cl)c3ccccc3)cc(C)c2C1=O. The third-order valence-electron chi connectivity index (χ3n) is 4.89. The monoisotopic (exact) mass is 434 g/mol. The molecule has 0 radical (unpaired) electrons. The number of allylic oxidation sites excluding steroid dienone is 1. The van der Waals surface area contributed by atoms with Crippen molar-refractivity contribution in [3.63, 3.8) is 0 Å². The Hall–Kier alpha value is -3.57. The summed E-state index contributed by atoms with van der Waals surface area (Å²) >= 11 is 6.25. The summed E-state index contributed by atoms with van der Waals surface area (Å²) < 4.78 is 16.6. The van der Waals surface area contributed by atoms with Crippen LogP contribution in [0.2, 0.25) is 0 Å². The van der Waals surface area contributed by atoms with E-state index < -0.39 is 11.3 Å². The third kappa shape index (κ3) is 4.18. The van der Waals surface area contributed by atoms with Gasteiger partial charge in [-0.25, -0.2) is 4.79 Å². The largest absolute Gasteiger partial charge is 0.496 e. The molecule has 0 N–H and O–H groups in total. The molecule has 1 unspecified atom stereocenters. The predicted octanol–water partition coefficient (Wildman–Crippen LogP) is 5.51. The van der Waals surface area contributed by atoms with Crippen LogP contribution in [0.15, 0.2) is 72.5 Å². The lowest BCUT2D eigenvalue weighted by Crippen LogP contribution is -2.14. The van der Waals surface area contributed by atoms with E-state index in [-0.39, 0.29) is 17.3 Å². The smallest absolute Gasteiger partial charge is 0.334 e. The fraction of sp³-hybridized carbons (Fsp3) is 0.120. The minimum atomic E-state index is -0.946. The summed E-state index contributed by atoms with van der Waals surface area (Å²) in [4.78, 5) is 25.4. The Morgan fingerprint density at radius 3 is 2.52 bits per heavy atom. The number of fused-ring (bicyclic) bond motifs is 1. The molecule has 1 aliphatic rings. The van der Waals surface area contributed by atoms with Gasteiger partial charge in [0.1, 0.15) is 17.2 Å². The zero-order chi connectivity index (χ0) is 22.0. The number of ether oxygens (including phenoxy) is 3. The molecular formula is C25H19ClO5. The van der Waals surface area contributed by atoms with Crippen molar-refractivity contribution in [1.29, 1.82) is 0 Å². The van der Waals surface area contributed by atoms with Gasteiger partial charge in [0.2, 0.25) is 5.78 Å². The molecule has 6 heteroatoms. The van der Waals surface area contributed by atoms with Crippen LogP contribution in [0.25, 0.3) is 6.08 Å². The quantitative estimate of drug-likeness (QED) is 0.229. The Morgan fingerprint density at radius 2 is 1.77 bits per heavy atom. The first kappa shape index (κ1) is 20.7. The van der Waals surface area contributed by atoms with Crippen molar-refractivity contribution < 1.29 is 23.8 Å². The second-order valence-corrected chi connectivity index (χ2v) is 7.43. The number of aryl methyl sites for hydroxylation is 1. The maximum atomic E-state index is 12.9. The van der Waals surface area contributed by atoms with Gasteiger partial charge in [-0.15, -0.1) is 11.6 Å². The number of hydrogen-bond acceptors (Lipinski definition) is 5. The molecule has 3 aromatic carbocycles. The van der Waals surface area contributed by atoms with Crippen LogP contribution in [-0.2, 0) is 4.79 Å². The second-order valence-electron chi connectivity index (χ2n) is 6.99. The van der Waals surface area contributed by atoms with Crippen molar-refractivity contribution in [2.45, 2.75) is 12.3 Å². The molecule has 0 saturated carbocycles. The normalized spacial score (nSPS) is 14.7. The van der Waals surface area contributed by atoms with Crippen LogP contribution in [0.5, 0.6) is 17.2 Å². The van der Waals surface area contributed by atoms with Gasteiger partial charge in [0.15, 0.2) is 11.1 Å². The highest BCUT2D eigenvalue weighted by molar-refractivity contribution is 6.30. The zero-order valence-electron chi connectivity index (χ0n) is 16.9. The number of para-hydroxylation sites is 1. The molecule has 4 rings (SSSR count). The van der Waals surface area contributed by atoms with E-state index in [2.05, 4.69) is 0 Å². The molecule has 1 heterocycles. The van der Waals surface area contributed by atoms with Gasteiger partial charge < -0.3 is 14.2 Å². The highest BCUT2D eigenvalue weighted by Crippen LogP contribution is 2.38. The average Bonchev–Trinajstić information content (AvgIpc) is 3.09. The molecule has 0 aliphatic carbocycles. The molecule has 0 bridgehead atoms. The number of hydrogen-bond donors (Lipinski definition) is 0. The van der Waals surface area contributed by atoms with E-state index in [1.165, 1.54) is 6.07 Å². The minimum absolute atomic E-state index is 0.172. The maximum absolute atomic E-state index is 12.9. The van der Waals surface area contributed by atoms with Gasteiger partial charge in [0, 0.05) is 11.6 Å². The Labute approximate surface area is 184 Å². The topological polar surface area (TPSA) is 61.8 Å². The number of benzene rings is 3. The molecule has 5 nitrogen and oxygen atoms in total. The fourth-order valence-electron chi connectivity index (χ4n) is 3.39. The van der Waals surface area contributed by atoms with Crippen LogP contribution in [0.4, 0.5) is 0 Å². The molecular weight excluding hydrogens is 416 g/mol. The Kier molecular flexibility index (Phi) is 5.78. The molecule has 1 aliphatic heterocycles. The fourth-order valence-corrected chi connectivity index (χ4v) is 3.58. The molecule has 31 heavy (non-hydrogen) atoms. The highest BCUT2D eigenvalue weighted by Gasteiger charge is 2.31. The van der Waals surface area contributed by atoms with Gasteiger partial charge in [-0.3, -0.25) is 4.79 Å². The van der Waals surface area contributed by atoms with Crippen molar-refractivity contribution in [3.05, 3.63) is 94.7 Å². The molecule has 0 saturated heterocycles. The highest BCUT2D eigenvalue weighted by atomic mass is 35.5. The van der Waals surface area contributed by atoms with Crippen molar-refractivity contribution in [3.8, 4) is 17.2 Å². The molecule has 0 spiro atoms. The summed E-state index contributed by atoms with van der Waals surface area (Å²) in [6.07, 6.45) is 1.64. The Balaban J connectivity index is 1.59. The van der Waals surface area contributed by atoms with Crippen molar-refractivity contribution >= 4 is 29.4 Å². The van der Waals surface area contributed by atoms with Crippen molar-refractivity contribution in [1.82, 2.24) is 0 Å². The van der Waals surface area contributed by atoms with E-state index in [0.29, 0.717) is 28.2 Å². The number of carbonyl (C=O) groups excluding carboxylic acids is 2. The number of halogens is 1. The Morgan fingerprint density at radius 1 is 1.06 bits per heavy atom. The number of ketones is 1. The zero-order valence-corrected chi connectivity index (χ0v) is 17.7. The lowest BCUT2D eigenvalue weighted by atomic mass is 10.0. The van der Waals surface area contributed by atoms with Gasteiger partial charge in [-0.1, -0.05) is 48.5 Å². The van der Waals surface area contributed by atoms with E-state index in [4.69, 9.17) is 25.8 Å². The van der Waals surface area contributed by atoms with Crippen LogP contribution in [-0.4, -0.2) is 18.9 Å². The molecule has 156 valence electrons. The Bertz CT molecular complexity index is 1180. The van der Waals surface area contributed by atoms with Crippen LogP contribution >= 0.6 is 11.6 Å². The lowest BCUT2D eigenvalue weighted by Gasteiger charge is -2.11. The number of alkyl halides is 1. The van der Waals surface area contributed by atoms with Gasteiger partial charge in [-0.05, 0) is 36.3 Å². The predicted molar refractivity (Wildman–Crippen MR) is 118 cm³/mol. The van der Waals surface area contributed by atoms with Crippen LogP contribution in [0.1, 0.15) is 32.4 Å². The third-order valence-corrected chi connectivity index (χ3v) is 5.32. The first-order chi connectivity index (χ1) is 15.0. The lowest BCUT2D eigenvalue weighted by molar-refractivity contribution is -0.134. The summed E-state index contributed by atoms with van der Waals surface area (Å²) in [6, 6.07) is 19.4. The molecule has 0 aromatic heterocycles. The number of esters is 1. The number of methoxy groups -OCH3 is 1. The maximum Gasteiger partial charge on any atom is 0.334 e. The van der Waals surface area contributed by atoms with Gasteiger partial charge in [-0.2, -0.15) is 0 Å². The van der Waals surface area contributed by atoms with E-state index in [9.17, 15) is 9.59 Å². The van der Waals surface area contributed by atoms with Crippen LogP contribution in [0.3, 0.4) is 0 Å². The molecule has 3 aromatic rings. The standard InChI is InChI=1S/C25H19ClO5/c1-15-12-18(30-25(28)23(26)16-8-4-3-5-9-16)14-20-22(15)24(27)21(31-20)13-17-10-6-7-11-19(17)29-2/h3-14,23H,1-2H3/b21-13-. The summed E-state index contributed by atoms with van der Waals surface area (Å²) in [5, 5.41) is -0.946. The van der Waals surface area contributed by atoms with Gasteiger partial charge in [0.05, 0.1) is 12.7 Å². The van der Waals surface area contributed by atoms with E-state index in [1.807, 2.05) is 24.3 Å². The van der Waals surface area contributed by atoms with Crippen molar-refractivity contribution in [2.24, 2.45) is 0 Å². The molecule has 1 atom stereocenters. The number of carbonyl (C=O) groups is 2. The number of Topliss-reactive ketones (excluding diaryl/α,β-unsaturated/α-hetero) is 1. The second kappa shape index (κ2) is 8.66. The number of rotatable bonds is 5. The van der Waals surface area contributed by atoms with E-state index >= 15 is 0 Å². The van der Waals surface area contributed by atoms with Crippen LogP contribution < -0.4 is 14.2 Å². The van der Waals surface area contributed by atoms with E-state index in [0.717, 1.165) is 5.56 Å². The van der Waals surface area contributed by atoms with Gasteiger partial charge >= 0.3 is 5.97 Å². The summed E-state index contributed by atoms with van der Waals surface area (Å²) in [7, 11) is 1.56. The van der Waals surface area contributed by atoms with E-state index in [1.54, 1.807) is 56.5 Å². The molecule has 0 amide bonds.